The number of carbonyl (C=O) groups excluding carboxylic acids is 1. The van der Waals surface area contributed by atoms with E-state index in [1.165, 1.54) is 29.2 Å². The zero-order chi connectivity index (χ0) is 14.8. The molecule has 1 saturated heterocycles. The minimum absolute atomic E-state index is 0.00999. The van der Waals surface area contributed by atoms with Crippen LogP contribution in [0.15, 0.2) is 29.2 Å². The van der Waals surface area contributed by atoms with Crippen molar-refractivity contribution in [3.05, 3.63) is 29.8 Å². The number of nitrogens with zero attached hydrogens (tertiary/aromatic N) is 2. The highest BCUT2D eigenvalue weighted by molar-refractivity contribution is 7.89. The van der Waals surface area contributed by atoms with Crippen molar-refractivity contribution in [3.63, 3.8) is 0 Å². The van der Waals surface area contributed by atoms with E-state index in [0.29, 0.717) is 19.5 Å². The van der Waals surface area contributed by atoms with Gasteiger partial charge in [-0.25, -0.2) is 13.1 Å². The number of amides is 1. The highest BCUT2D eigenvalue weighted by atomic mass is 32.2. The predicted octanol–water partition coefficient (Wildman–Crippen LogP) is -0.381. The number of nitrogens with two attached hydrogens (primary N) is 1. The van der Waals surface area contributed by atoms with E-state index in [0.717, 1.165) is 0 Å². The minimum atomic E-state index is -3.73. The molecular weight excluding hydrogens is 280 g/mol. The molecule has 1 aliphatic heterocycles. The summed E-state index contributed by atoms with van der Waals surface area (Å²) in [6.45, 7) is 0.885. The van der Waals surface area contributed by atoms with Crippen LogP contribution < -0.4 is 10.5 Å². The molecule has 2 rings (SSSR count). The molecule has 0 spiro atoms. The second-order valence-corrected chi connectivity index (χ2v) is 6.26. The predicted molar refractivity (Wildman–Crippen MR) is 70.9 cm³/mol. The first-order valence-corrected chi connectivity index (χ1v) is 7.47. The molecule has 3 N–H and O–H groups in total. The summed E-state index contributed by atoms with van der Waals surface area (Å²) in [5.74, 6) is -0.682. The first kappa shape index (κ1) is 14.3. The Morgan fingerprint density at radius 3 is 2.85 bits per heavy atom. The van der Waals surface area contributed by atoms with Gasteiger partial charge in [0.1, 0.15) is 0 Å². The molecule has 0 saturated carbocycles. The molecule has 20 heavy (non-hydrogen) atoms. The normalized spacial score (nSPS) is 18.8. The van der Waals surface area contributed by atoms with Crippen LogP contribution in [0.4, 0.5) is 0 Å². The number of hydrogen-bond donors (Lipinski definition) is 2. The molecule has 1 heterocycles. The van der Waals surface area contributed by atoms with Gasteiger partial charge < -0.3 is 10.6 Å². The minimum Gasteiger partial charge on any atom is -0.366 e. The maximum atomic E-state index is 12.2. The van der Waals surface area contributed by atoms with Crippen molar-refractivity contribution in [2.75, 3.05) is 13.1 Å². The monoisotopic (exact) mass is 294 g/mol. The topological polar surface area (TPSA) is 116 Å². The molecule has 0 unspecified atom stereocenters. The number of carbonyl (C=O) groups is 1. The summed E-state index contributed by atoms with van der Waals surface area (Å²) >= 11 is 0. The number of sulfonamides is 1. The molecular formula is C12H14N4O3S. The Balaban J connectivity index is 2.17. The molecule has 1 aliphatic rings. The molecule has 0 radical (unpaired) electrons. The zero-order valence-corrected chi connectivity index (χ0v) is 11.4. The van der Waals surface area contributed by atoms with Crippen LogP contribution in [0.1, 0.15) is 16.8 Å². The van der Waals surface area contributed by atoms with Crippen molar-refractivity contribution in [3.8, 4) is 6.19 Å². The van der Waals surface area contributed by atoms with Crippen LogP contribution in [0.5, 0.6) is 0 Å². The molecule has 0 aliphatic carbocycles. The summed E-state index contributed by atoms with van der Waals surface area (Å²) in [6.07, 6.45) is 2.55. The van der Waals surface area contributed by atoms with E-state index >= 15 is 0 Å². The molecule has 1 aromatic carbocycles. The fourth-order valence-electron chi connectivity index (χ4n) is 2.05. The van der Waals surface area contributed by atoms with Crippen LogP contribution >= 0.6 is 0 Å². The number of hydrogen-bond acceptors (Lipinski definition) is 5. The van der Waals surface area contributed by atoms with Gasteiger partial charge in [-0.2, -0.15) is 5.26 Å². The second kappa shape index (κ2) is 5.48. The number of nitriles is 1. The molecule has 7 nitrogen and oxygen atoms in total. The standard InChI is InChI=1S/C12H14N4O3S/c13-8-16-5-4-10(7-16)15-20(18,19)11-3-1-2-9(6-11)12(14)17/h1-3,6,10,15H,4-5,7H2,(H2,14,17)/t10-/m1/s1. The largest absolute Gasteiger partial charge is 0.366 e. The van der Waals surface area contributed by atoms with Crippen molar-refractivity contribution in [2.45, 2.75) is 17.4 Å². The highest BCUT2D eigenvalue weighted by Crippen LogP contribution is 2.15. The first-order chi connectivity index (χ1) is 9.42. The van der Waals surface area contributed by atoms with Crippen LogP contribution in [0.2, 0.25) is 0 Å². The molecule has 1 fully saturated rings. The lowest BCUT2D eigenvalue weighted by Gasteiger charge is -2.13. The summed E-state index contributed by atoms with van der Waals surface area (Å²) < 4.78 is 26.9. The fourth-order valence-corrected chi connectivity index (χ4v) is 3.36. The van der Waals surface area contributed by atoms with E-state index in [4.69, 9.17) is 11.0 Å². The van der Waals surface area contributed by atoms with Gasteiger partial charge in [-0.05, 0) is 24.6 Å². The van der Waals surface area contributed by atoms with Crippen LogP contribution in [-0.2, 0) is 10.0 Å². The third-order valence-electron chi connectivity index (χ3n) is 3.08. The average molecular weight is 294 g/mol. The van der Waals surface area contributed by atoms with Gasteiger partial charge in [0.25, 0.3) is 0 Å². The molecule has 106 valence electrons. The summed E-state index contributed by atoms with van der Waals surface area (Å²) in [7, 11) is -3.73. The van der Waals surface area contributed by atoms with Crippen LogP contribution in [-0.4, -0.2) is 38.4 Å². The van der Waals surface area contributed by atoms with E-state index in [1.54, 1.807) is 0 Å². The van der Waals surface area contributed by atoms with Crippen molar-refractivity contribution >= 4 is 15.9 Å². The Bertz CT molecular complexity index is 666. The average Bonchev–Trinajstić information content (AvgIpc) is 2.86. The Hall–Kier alpha value is -2.11. The molecule has 8 heteroatoms. The molecule has 0 aromatic heterocycles. The molecule has 1 atom stereocenters. The Morgan fingerprint density at radius 1 is 1.50 bits per heavy atom. The van der Waals surface area contributed by atoms with Crippen LogP contribution in [0.25, 0.3) is 0 Å². The Kier molecular flexibility index (Phi) is 3.92. The molecule has 0 bridgehead atoms. The van der Waals surface area contributed by atoms with Gasteiger partial charge in [0.15, 0.2) is 6.19 Å². The van der Waals surface area contributed by atoms with E-state index in [9.17, 15) is 13.2 Å². The van der Waals surface area contributed by atoms with Crippen molar-refractivity contribution in [2.24, 2.45) is 5.73 Å². The van der Waals surface area contributed by atoms with Crippen molar-refractivity contribution < 1.29 is 13.2 Å². The van der Waals surface area contributed by atoms with Crippen LogP contribution in [0, 0.1) is 11.5 Å². The van der Waals surface area contributed by atoms with E-state index in [2.05, 4.69) is 4.72 Å². The number of primary amides is 1. The van der Waals surface area contributed by atoms with Crippen LogP contribution in [0.3, 0.4) is 0 Å². The second-order valence-electron chi connectivity index (χ2n) is 4.54. The van der Waals surface area contributed by atoms with Crippen molar-refractivity contribution in [1.29, 1.82) is 5.26 Å². The number of benzene rings is 1. The molecule has 1 amide bonds. The molecule has 1 aromatic rings. The number of likely N-dealkylation sites (tertiary alicyclic amines) is 1. The van der Waals surface area contributed by atoms with E-state index < -0.39 is 15.9 Å². The zero-order valence-electron chi connectivity index (χ0n) is 10.6. The Morgan fingerprint density at radius 2 is 2.25 bits per heavy atom. The lowest BCUT2D eigenvalue weighted by Crippen LogP contribution is -2.36. The maximum Gasteiger partial charge on any atom is 0.248 e. The quantitative estimate of drug-likeness (QED) is 0.734. The third kappa shape index (κ3) is 3.07. The van der Waals surface area contributed by atoms with Gasteiger partial charge in [-0.3, -0.25) is 4.79 Å². The summed E-state index contributed by atoms with van der Waals surface area (Å²) in [5, 5.41) is 8.74. The van der Waals surface area contributed by atoms with Gasteiger partial charge in [-0.1, -0.05) is 6.07 Å². The van der Waals surface area contributed by atoms with Crippen molar-refractivity contribution in [1.82, 2.24) is 9.62 Å². The SMILES string of the molecule is N#CN1CC[C@@H](NS(=O)(=O)c2cccc(C(N)=O)c2)C1. The lowest BCUT2D eigenvalue weighted by molar-refractivity contribution is 0.1000. The summed E-state index contributed by atoms with van der Waals surface area (Å²) in [6, 6.07) is 5.24. The van der Waals surface area contributed by atoms with Gasteiger partial charge >= 0.3 is 0 Å². The Labute approximate surface area is 117 Å². The van der Waals surface area contributed by atoms with E-state index in [-0.39, 0.29) is 16.5 Å². The van der Waals surface area contributed by atoms with Gasteiger partial charge in [-0.15, -0.1) is 0 Å². The first-order valence-electron chi connectivity index (χ1n) is 5.99. The number of nitrogens with one attached hydrogen (secondary N) is 1. The summed E-state index contributed by atoms with van der Waals surface area (Å²) in [5.41, 5.74) is 5.27. The van der Waals surface area contributed by atoms with E-state index in [1.807, 2.05) is 6.19 Å². The lowest BCUT2D eigenvalue weighted by atomic mass is 10.2. The summed E-state index contributed by atoms with van der Waals surface area (Å²) in [4.78, 5) is 12.6. The van der Waals surface area contributed by atoms with Gasteiger partial charge in [0.05, 0.1) is 4.90 Å². The van der Waals surface area contributed by atoms with Gasteiger partial charge in [0, 0.05) is 24.7 Å². The fraction of sp³-hybridized carbons (Fsp3) is 0.333. The smallest absolute Gasteiger partial charge is 0.248 e. The van der Waals surface area contributed by atoms with Gasteiger partial charge in [0.2, 0.25) is 15.9 Å². The highest BCUT2D eigenvalue weighted by Gasteiger charge is 2.27. The third-order valence-corrected chi connectivity index (χ3v) is 4.60. The number of rotatable bonds is 4. The maximum absolute atomic E-state index is 12.2.